The van der Waals surface area contributed by atoms with Crippen molar-refractivity contribution in [1.82, 2.24) is 0 Å². The maximum atomic E-state index is 12.4. The zero-order valence-electron chi connectivity index (χ0n) is 12.6. The van der Waals surface area contributed by atoms with E-state index < -0.39 is 14.9 Å². The zero-order valence-corrected chi connectivity index (χ0v) is 13.5. The van der Waals surface area contributed by atoms with Crippen LogP contribution < -0.4 is 9.46 Å². The van der Waals surface area contributed by atoms with E-state index in [9.17, 15) is 18.5 Å². The van der Waals surface area contributed by atoms with Gasteiger partial charge in [-0.15, -0.1) is 0 Å². The molecular weight excluding hydrogens is 320 g/mol. The van der Waals surface area contributed by atoms with Gasteiger partial charge in [-0.3, -0.25) is 14.8 Å². The number of benzene rings is 2. The smallest absolute Gasteiger partial charge is 0.273 e. The average Bonchev–Trinajstić information content (AvgIpc) is 2.54. The molecule has 2 aromatic carbocycles. The Labute approximate surface area is 134 Å². The van der Waals surface area contributed by atoms with E-state index in [0.717, 1.165) is 18.1 Å². The number of non-ortho nitro benzene ring substituents is 1. The van der Waals surface area contributed by atoms with Gasteiger partial charge in [0.25, 0.3) is 15.7 Å². The van der Waals surface area contributed by atoms with Gasteiger partial charge in [0.05, 0.1) is 28.7 Å². The third kappa shape index (κ3) is 3.78. The first-order valence-corrected chi connectivity index (χ1v) is 8.30. The van der Waals surface area contributed by atoms with Gasteiger partial charge in [0.15, 0.2) is 0 Å². The molecule has 0 aliphatic carbocycles. The van der Waals surface area contributed by atoms with Crippen molar-refractivity contribution in [2.75, 3.05) is 11.8 Å². The van der Waals surface area contributed by atoms with Gasteiger partial charge in [0.2, 0.25) is 0 Å². The number of sulfonamides is 1. The van der Waals surface area contributed by atoms with E-state index in [4.69, 9.17) is 4.74 Å². The topological polar surface area (TPSA) is 98.5 Å². The second-order valence-corrected chi connectivity index (χ2v) is 6.43. The predicted octanol–water partition coefficient (Wildman–Crippen LogP) is 2.97. The minimum atomic E-state index is -3.80. The number of nitro benzene ring substituents is 1. The van der Waals surface area contributed by atoms with Crippen LogP contribution in [0.1, 0.15) is 12.5 Å². The van der Waals surface area contributed by atoms with E-state index in [0.29, 0.717) is 0 Å². The fourth-order valence-electron chi connectivity index (χ4n) is 1.99. The van der Waals surface area contributed by atoms with Crippen molar-refractivity contribution < 1.29 is 18.1 Å². The van der Waals surface area contributed by atoms with Crippen LogP contribution in [0.3, 0.4) is 0 Å². The molecule has 2 aromatic rings. The van der Waals surface area contributed by atoms with Gasteiger partial charge in [-0.2, -0.15) is 0 Å². The summed E-state index contributed by atoms with van der Waals surface area (Å²) in [4.78, 5) is 10.3. The summed E-state index contributed by atoms with van der Waals surface area (Å²) in [6.07, 6.45) is 0.809. The second kappa shape index (κ2) is 6.66. The highest BCUT2D eigenvalue weighted by atomic mass is 32.2. The molecule has 0 saturated carbocycles. The third-order valence-electron chi connectivity index (χ3n) is 3.28. The summed E-state index contributed by atoms with van der Waals surface area (Å²) in [5, 5.41) is 10.8. The highest BCUT2D eigenvalue weighted by Gasteiger charge is 2.18. The lowest BCUT2D eigenvalue weighted by molar-refractivity contribution is -0.384. The molecule has 0 aromatic heterocycles. The number of methoxy groups -OCH3 is 1. The van der Waals surface area contributed by atoms with Crippen LogP contribution in [0.25, 0.3) is 0 Å². The van der Waals surface area contributed by atoms with Crippen molar-refractivity contribution >= 4 is 21.4 Å². The molecule has 0 aliphatic rings. The Morgan fingerprint density at radius 2 is 1.83 bits per heavy atom. The Kier molecular flexibility index (Phi) is 4.85. The summed E-state index contributed by atoms with van der Waals surface area (Å²) in [5.41, 5.74) is 0.978. The van der Waals surface area contributed by atoms with E-state index in [-0.39, 0.29) is 22.0 Å². The van der Waals surface area contributed by atoms with E-state index in [1.807, 2.05) is 6.92 Å². The number of ether oxygens (including phenoxy) is 1. The molecule has 0 fully saturated rings. The maximum absolute atomic E-state index is 12.4. The lowest BCUT2D eigenvalue weighted by atomic mass is 10.2. The van der Waals surface area contributed by atoms with Gasteiger partial charge in [-0.1, -0.05) is 19.1 Å². The van der Waals surface area contributed by atoms with Crippen LogP contribution in [-0.2, 0) is 16.4 Å². The quantitative estimate of drug-likeness (QED) is 0.646. The van der Waals surface area contributed by atoms with Crippen LogP contribution in [-0.4, -0.2) is 20.5 Å². The molecule has 7 nitrogen and oxygen atoms in total. The van der Waals surface area contributed by atoms with Crippen molar-refractivity contribution in [3.8, 4) is 5.75 Å². The van der Waals surface area contributed by atoms with Gasteiger partial charge in [0, 0.05) is 6.07 Å². The molecule has 8 heteroatoms. The molecule has 0 radical (unpaired) electrons. The van der Waals surface area contributed by atoms with Crippen LogP contribution in [0, 0.1) is 10.1 Å². The molecule has 0 bridgehead atoms. The number of anilines is 1. The standard InChI is InChI=1S/C15H16N2O5S/c1-3-11-4-7-13(8-5-11)23(20,21)16-14-9-6-12(17(18)19)10-15(14)22-2/h4-10,16H,3H2,1-2H3. The Balaban J connectivity index is 2.34. The highest BCUT2D eigenvalue weighted by Crippen LogP contribution is 2.30. The first-order chi connectivity index (χ1) is 10.9. The molecule has 0 aliphatic heterocycles. The molecular formula is C15H16N2O5S. The zero-order chi connectivity index (χ0) is 17.0. The fraction of sp³-hybridized carbons (Fsp3) is 0.200. The van der Waals surface area contributed by atoms with Crippen molar-refractivity contribution in [2.45, 2.75) is 18.2 Å². The molecule has 0 saturated heterocycles. The number of nitro groups is 1. The van der Waals surface area contributed by atoms with Gasteiger partial charge >= 0.3 is 0 Å². The SMILES string of the molecule is CCc1ccc(S(=O)(=O)Nc2ccc([N+](=O)[O-])cc2OC)cc1. The monoisotopic (exact) mass is 336 g/mol. The molecule has 0 amide bonds. The van der Waals surface area contributed by atoms with E-state index in [2.05, 4.69) is 4.72 Å². The van der Waals surface area contributed by atoms with Crippen molar-refractivity contribution in [3.05, 3.63) is 58.1 Å². The number of nitrogens with zero attached hydrogens (tertiary/aromatic N) is 1. The Morgan fingerprint density at radius 1 is 1.17 bits per heavy atom. The molecule has 0 spiro atoms. The molecule has 0 atom stereocenters. The lowest BCUT2D eigenvalue weighted by Crippen LogP contribution is -2.13. The fourth-order valence-corrected chi connectivity index (χ4v) is 3.06. The Hall–Kier alpha value is -2.61. The lowest BCUT2D eigenvalue weighted by Gasteiger charge is -2.12. The van der Waals surface area contributed by atoms with Gasteiger partial charge in [-0.25, -0.2) is 8.42 Å². The van der Waals surface area contributed by atoms with Crippen LogP contribution in [0.2, 0.25) is 0 Å². The van der Waals surface area contributed by atoms with Crippen LogP contribution in [0.4, 0.5) is 11.4 Å². The number of hydrogen-bond donors (Lipinski definition) is 1. The normalized spacial score (nSPS) is 11.0. The molecule has 0 heterocycles. The summed E-state index contributed by atoms with van der Waals surface area (Å²) < 4.78 is 32.2. The maximum Gasteiger partial charge on any atom is 0.273 e. The largest absolute Gasteiger partial charge is 0.494 e. The van der Waals surface area contributed by atoms with Crippen molar-refractivity contribution in [3.63, 3.8) is 0 Å². The number of hydrogen-bond acceptors (Lipinski definition) is 5. The summed E-state index contributed by atoms with van der Waals surface area (Å²) in [6.45, 7) is 1.98. The molecule has 0 unspecified atom stereocenters. The first kappa shape index (κ1) is 16.8. The molecule has 1 N–H and O–H groups in total. The minimum Gasteiger partial charge on any atom is -0.494 e. The van der Waals surface area contributed by atoms with E-state index in [1.54, 1.807) is 12.1 Å². The third-order valence-corrected chi connectivity index (χ3v) is 4.66. The summed E-state index contributed by atoms with van der Waals surface area (Å²) >= 11 is 0. The highest BCUT2D eigenvalue weighted by molar-refractivity contribution is 7.92. The second-order valence-electron chi connectivity index (χ2n) is 4.74. The summed E-state index contributed by atoms with van der Waals surface area (Å²) in [7, 11) is -2.49. The first-order valence-electron chi connectivity index (χ1n) is 6.81. The van der Waals surface area contributed by atoms with Crippen molar-refractivity contribution in [2.24, 2.45) is 0 Å². The number of aryl methyl sites for hydroxylation is 1. The Morgan fingerprint density at radius 3 is 2.35 bits per heavy atom. The number of nitrogens with one attached hydrogen (secondary N) is 1. The predicted molar refractivity (Wildman–Crippen MR) is 86.3 cm³/mol. The average molecular weight is 336 g/mol. The van der Waals surface area contributed by atoms with Gasteiger partial charge < -0.3 is 4.74 Å². The van der Waals surface area contributed by atoms with Crippen molar-refractivity contribution in [1.29, 1.82) is 0 Å². The Bertz CT molecular complexity index is 816. The van der Waals surface area contributed by atoms with Crippen LogP contribution >= 0.6 is 0 Å². The molecule has 23 heavy (non-hydrogen) atoms. The molecule has 122 valence electrons. The van der Waals surface area contributed by atoms with Gasteiger partial charge in [0.1, 0.15) is 5.75 Å². The number of rotatable bonds is 6. The van der Waals surface area contributed by atoms with E-state index in [1.165, 1.54) is 31.4 Å². The van der Waals surface area contributed by atoms with Gasteiger partial charge in [-0.05, 0) is 30.2 Å². The minimum absolute atomic E-state index is 0.0768. The van der Waals surface area contributed by atoms with E-state index >= 15 is 0 Å². The van der Waals surface area contributed by atoms with Crippen LogP contribution in [0.15, 0.2) is 47.4 Å². The van der Waals surface area contributed by atoms with Crippen LogP contribution in [0.5, 0.6) is 5.75 Å². The summed E-state index contributed by atoms with van der Waals surface area (Å²) in [6, 6.07) is 10.2. The molecule has 2 rings (SSSR count). The summed E-state index contributed by atoms with van der Waals surface area (Å²) in [5.74, 6) is 0.0768.